The van der Waals surface area contributed by atoms with Gasteiger partial charge in [-0.3, -0.25) is 0 Å². The Morgan fingerprint density at radius 1 is 1.22 bits per heavy atom. The molecular formula is C24H37BFN. The zero-order valence-corrected chi connectivity index (χ0v) is 17.1. The number of allylic oxidation sites excluding steroid dienone is 1. The van der Waals surface area contributed by atoms with Crippen molar-refractivity contribution in [1.29, 1.82) is 0 Å². The van der Waals surface area contributed by atoms with E-state index in [4.69, 9.17) is 7.85 Å². The predicted octanol–water partition coefficient (Wildman–Crippen LogP) is 7.00. The van der Waals surface area contributed by atoms with Gasteiger partial charge in [0.05, 0.1) is 5.69 Å². The number of hydrogen-bond donors (Lipinski definition) is 0. The quantitative estimate of drug-likeness (QED) is 0.399. The molecule has 2 radical (unpaired) electrons. The van der Waals surface area contributed by atoms with Gasteiger partial charge in [-0.1, -0.05) is 79.3 Å². The van der Waals surface area contributed by atoms with E-state index >= 15 is 0 Å². The van der Waals surface area contributed by atoms with E-state index in [1.807, 2.05) is 17.0 Å². The lowest BCUT2D eigenvalue weighted by atomic mass is 9.67. The van der Waals surface area contributed by atoms with Gasteiger partial charge in [0.2, 0.25) is 0 Å². The average Bonchev–Trinajstić information content (AvgIpc) is 2.62. The Labute approximate surface area is 168 Å². The van der Waals surface area contributed by atoms with Gasteiger partial charge in [-0.25, -0.2) is 4.39 Å². The summed E-state index contributed by atoms with van der Waals surface area (Å²) < 4.78 is 13.8. The third-order valence-electron chi connectivity index (χ3n) is 5.93. The first-order chi connectivity index (χ1) is 12.1. The number of nitrogens with zero attached hydrogens (tertiary/aromatic N) is 1. The normalized spacial score (nSPS) is 14.3. The summed E-state index contributed by atoms with van der Waals surface area (Å²) in [5.41, 5.74) is 2.94. The maximum Gasteiger partial charge on any atom is 0.147 e. The van der Waals surface area contributed by atoms with Crippen molar-refractivity contribution < 1.29 is 4.39 Å². The van der Waals surface area contributed by atoms with Crippen LogP contribution in [0.1, 0.15) is 60.5 Å². The highest BCUT2D eigenvalue weighted by atomic mass is 19.1. The molecule has 0 saturated carbocycles. The molecule has 0 aromatic heterocycles. The van der Waals surface area contributed by atoms with Gasteiger partial charge in [0, 0.05) is 13.1 Å². The van der Waals surface area contributed by atoms with E-state index in [0.717, 1.165) is 24.0 Å². The molecule has 0 N–H and O–H groups in total. The predicted molar refractivity (Wildman–Crippen MR) is 122 cm³/mol. The summed E-state index contributed by atoms with van der Waals surface area (Å²) >= 11 is 0. The Bertz CT molecular complexity index is 658. The summed E-state index contributed by atoms with van der Waals surface area (Å²) in [4.78, 5) is 1.98. The summed E-state index contributed by atoms with van der Waals surface area (Å²) in [5.74, 6) is -0.203. The molecule has 0 spiro atoms. The molecule has 1 aromatic rings. The van der Waals surface area contributed by atoms with Crippen LogP contribution in [0.4, 0.5) is 10.1 Å². The van der Waals surface area contributed by atoms with E-state index < -0.39 is 0 Å². The lowest BCUT2D eigenvalue weighted by Gasteiger charge is -2.38. The zero-order valence-electron chi connectivity index (χ0n) is 17.1. The maximum absolute atomic E-state index is 13.8. The smallest absolute Gasteiger partial charge is 0.147 e. The van der Waals surface area contributed by atoms with Crippen LogP contribution in [0, 0.1) is 16.6 Å². The standard InChI is InChI=1S/C13H13BFN.C10H20.CH4/c1-2-10-3-4-13(12(15)9-10)16-7-5-11(14)6-8-16;1-7-9(3,4)10(5,6)8-2;/h2-5,9H,1,6-8H2;7H,1,8H2,2-6H3;1H4. The van der Waals surface area contributed by atoms with Gasteiger partial charge in [-0.05, 0) is 34.9 Å². The Morgan fingerprint density at radius 2 is 1.85 bits per heavy atom. The van der Waals surface area contributed by atoms with E-state index in [9.17, 15) is 4.39 Å². The fraction of sp³-hybridized carbons (Fsp3) is 0.500. The van der Waals surface area contributed by atoms with Crippen LogP contribution >= 0.6 is 0 Å². The van der Waals surface area contributed by atoms with Crippen LogP contribution in [0.2, 0.25) is 0 Å². The van der Waals surface area contributed by atoms with Gasteiger partial charge in [0.25, 0.3) is 0 Å². The minimum absolute atomic E-state index is 0. The van der Waals surface area contributed by atoms with E-state index in [1.165, 1.54) is 12.5 Å². The van der Waals surface area contributed by atoms with Crippen LogP contribution in [0.25, 0.3) is 6.08 Å². The van der Waals surface area contributed by atoms with Crippen LogP contribution in [-0.2, 0) is 0 Å². The summed E-state index contributed by atoms with van der Waals surface area (Å²) in [6.07, 6.45) is 7.62. The first-order valence-corrected chi connectivity index (χ1v) is 9.33. The molecule has 0 fully saturated rings. The highest BCUT2D eigenvalue weighted by Gasteiger charge is 2.32. The van der Waals surface area contributed by atoms with Gasteiger partial charge >= 0.3 is 0 Å². The summed E-state index contributed by atoms with van der Waals surface area (Å²) in [7, 11) is 5.69. The fourth-order valence-corrected chi connectivity index (χ4v) is 2.54. The van der Waals surface area contributed by atoms with Crippen molar-refractivity contribution in [1.82, 2.24) is 0 Å². The van der Waals surface area contributed by atoms with E-state index in [1.54, 1.807) is 12.1 Å². The van der Waals surface area contributed by atoms with Crippen LogP contribution < -0.4 is 4.90 Å². The largest absolute Gasteiger partial charge is 0.365 e. The minimum Gasteiger partial charge on any atom is -0.365 e. The topological polar surface area (TPSA) is 3.24 Å². The summed E-state index contributed by atoms with van der Waals surface area (Å²) in [6.45, 7) is 20.2. The molecule has 0 saturated heterocycles. The second-order valence-corrected chi connectivity index (χ2v) is 8.05. The van der Waals surface area contributed by atoms with Gasteiger partial charge < -0.3 is 4.90 Å². The molecule has 0 atom stereocenters. The van der Waals surface area contributed by atoms with Gasteiger partial charge in [-0.15, -0.1) is 12.1 Å². The molecule has 0 amide bonds. The molecule has 1 aliphatic rings. The Kier molecular flexibility index (Phi) is 9.85. The second-order valence-electron chi connectivity index (χ2n) is 8.05. The molecule has 0 bridgehead atoms. The fourth-order valence-electron chi connectivity index (χ4n) is 2.54. The molecule has 0 aliphatic carbocycles. The van der Waals surface area contributed by atoms with Crippen molar-refractivity contribution in [3.63, 3.8) is 0 Å². The van der Waals surface area contributed by atoms with Crippen molar-refractivity contribution in [3.05, 3.63) is 60.4 Å². The molecule has 1 aromatic carbocycles. The molecule has 1 nitrogen and oxygen atoms in total. The summed E-state index contributed by atoms with van der Waals surface area (Å²) in [5, 5.41) is 0. The SMILES string of the molecule is C.C=CC(C)(C)C(C)(C)CC.[B]C1=CCN(c2ccc(C=C)cc2F)CC1. The molecule has 148 valence electrons. The van der Waals surface area contributed by atoms with Crippen LogP contribution in [0.15, 0.2) is 49.0 Å². The number of halogens is 1. The molecule has 1 heterocycles. The van der Waals surface area contributed by atoms with Gasteiger partial charge in [0.1, 0.15) is 13.7 Å². The van der Waals surface area contributed by atoms with Gasteiger partial charge in [-0.2, -0.15) is 0 Å². The molecular weight excluding hydrogens is 332 g/mol. The van der Waals surface area contributed by atoms with E-state index in [-0.39, 0.29) is 18.7 Å². The number of rotatable bonds is 5. The molecule has 27 heavy (non-hydrogen) atoms. The molecule has 2 rings (SSSR count). The summed E-state index contributed by atoms with van der Waals surface area (Å²) in [6, 6.07) is 5.17. The van der Waals surface area contributed by atoms with Gasteiger partial charge in [0.15, 0.2) is 0 Å². The first kappa shape index (κ1) is 25.2. The van der Waals surface area contributed by atoms with Crippen molar-refractivity contribution >= 4 is 19.6 Å². The van der Waals surface area contributed by atoms with Crippen LogP contribution in [0.3, 0.4) is 0 Å². The molecule has 1 aliphatic heterocycles. The number of anilines is 1. The Morgan fingerprint density at radius 3 is 2.22 bits per heavy atom. The third kappa shape index (κ3) is 6.72. The number of hydrogen-bond acceptors (Lipinski definition) is 1. The highest BCUT2D eigenvalue weighted by Crippen LogP contribution is 2.41. The molecule has 0 unspecified atom stereocenters. The van der Waals surface area contributed by atoms with Crippen LogP contribution in [0.5, 0.6) is 0 Å². The second kappa shape index (κ2) is 10.5. The monoisotopic (exact) mass is 369 g/mol. The third-order valence-corrected chi connectivity index (χ3v) is 5.93. The number of benzene rings is 1. The minimum atomic E-state index is -0.203. The average molecular weight is 369 g/mol. The van der Waals surface area contributed by atoms with Crippen molar-refractivity contribution in [2.75, 3.05) is 18.0 Å². The molecule has 3 heteroatoms. The zero-order chi connectivity index (χ0) is 20.0. The van der Waals surface area contributed by atoms with Crippen molar-refractivity contribution in [2.45, 2.75) is 54.9 Å². The van der Waals surface area contributed by atoms with Crippen molar-refractivity contribution in [3.8, 4) is 0 Å². The van der Waals surface area contributed by atoms with E-state index in [2.05, 4.69) is 53.9 Å². The van der Waals surface area contributed by atoms with Crippen molar-refractivity contribution in [2.24, 2.45) is 10.8 Å². The van der Waals surface area contributed by atoms with E-state index in [0.29, 0.717) is 17.6 Å². The Hall–Kier alpha value is -1.77. The van der Waals surface area contributed by atoms with Crippen LogP contribution in [-0.4, -0.2) is 20.9 Å². The lowest BCUT2D eigenvalue weighted by Crippen LogP contribution is -2.29. The maximum atomic E-state index is 13.8. The Balaban J connectivity index is 0.000000539. The lowest BCUT2D eigenvalue weighted by molar-refractivity contribution is 0.159. The highest BCUT2D eigenvalue weighted by molar-refractivity contribution is 6.21. The first-order valence-electron chi connectivity index (χ1n) is 9.33.